The van der Waals surface area contributed by atoms with E-state index in [0.29, 0.717) is 5.56 Å². The Kier molecular flexibility index (Phi) is 3.86. The van der Waals surface area contributed by atoms with Crippen molar-refractivity contribution in [3.8, 4) is 0 Å². The molecule has 3 heteroatoms. The summed E-state index contributed by atoms with van der Waals surface area (Å²) in [6.45, 7) is 0. The molecule has 0 fully saturated rings. The van der Waals surface area contributed by atoms with Crippen molar-refractivity contribution < 1.29 is 9.53 Å². The zero-order valence-electron chi connectivity index (χ0n) is 10.0. The van der Waals surface area contributed by atoms with Gasteiger partial charge in [-0.3, -0.25) is 4.98 Å². The van der Waals surface area contributed by atoms with Gasteiger partial charge in [-0.1, -0.05) is 30.4 Å². The normalized spacial score (nSPS) is 10.5. The predicted molar refractivity (Wildman–Crippen MR) is 70.9 cm³/mol. The number of carbonyl (C=O) groups is 1. The van der Waals surface area contributed by atoms with Crippen molar-refractivity contribution in [2.75, 3.05) is 7.11 Å². The molecule has 1 heterocycles. The predicted octanol–water partition coefficient (Wildman–Crippen LogP) is 3.04. The van der Waals surface area contributed by atoms with E-state index in [2.05, 4.69) is 9.72 Å². The van der Waals surface area contributed by atoms with Gasteiger partial charge in [0.1, 0.15) is 0 Å². The second-order valence-electron chi connectivity index (χ2n) is 3.73. The first-order chi connectivity index (χ1) is 8.79. The molecular formula is C15H13NO2. The van der Waals surface area contributed by atoms with Crippen LogP contribution < -0.4 is 0 Å². The van der Waals surface area contributed by atoms with E-state index in [-0.39, 0.29) is 5.97 Å². The highest BCUT2D eigenvalue weighted by atomic mass is 16.5. The maximum atomic E-state index is 11.3. The summed E-state index contributed by atoms with van der Waals surface area (Å²) < 4.78 is 4.64. The summed E-state index contributed by atoms with van der Waals surface area (Å²) in [5.41, 5.74) is 2.61. The SMILES string of the molecule is COC(=O)c1ccc(/C=C\c2cccnc2)cc1. The highest BCUT2D eigenvalue weighted by molar-refractivity contribution is 5.89. The number of aromatic nitrogens is 1. The van der Waals surface area contributed by atoms with Crippen LogP contribution in [-0.4, -0.2) is 18.1 Å². The average Bonchev–Trinajstić information content (AvgIpc) is 2.46. The van der Waals surface area contributed by atoms with E-state index < -0.39 is 0 Å². The van der Waals surface area contributed by atoms with Gasteiger partial charge in [-0.05, 0) is 29.3 Å². The molecule has 0 amide bonds. The minimum Gasteiger partial charge on any atom is -0.465 e. The number of methoxy groups -OCH3 is 1. The van der Waals surface area contributed by atoms with Gasteiger partial charge in [0.25, 0.3) is 0 Å². The van der Waals surface area contributed by atoms with Crippen LogP contribution in [0.25, 0.3) is 12.2 Å². The molecule has 0 aliphatic carbocycles. The van der Waals surface area contributed by atoms with Gasteiger partial charge in [0, 0.05) is 12.4 Å². The summed E-state index contributed by atoms with van der Waals surface area (Å²) in [6, 6.07) is 11.1. The maximum absolute atomic E-state index is 11.3. The number of rotatable bonds is 3. The van der Waals surface area contributed by atoms with Crippen LogP contribution in [0, 0.1) is 0 Å². The standard InChI is InChI=1S/C15H13NO2/c1-18-15(17)14-8-6-12(7-9-14)4-5-13-3-2-10-16-11-13/h2-11H,1H3/b5-4-. The first-order valence-corrected chi connectivity index (χ1v) is 5.56. The number of nitrogens with zero attached hydrogens (tertiary/aromatic N) is 1. The highest BCUT2D eigenvalue weighted by Gasteiger charge is 2.02. The number of carbonyl (C=O) groups excluding carboxylic acids is 1. The lowest BCUT2D eigenvalue weighted by atomic mass is 10.1. The largest absolute Gasteiger partial charge is 0.465 e. The Morgan fingerprint density at radius 1 is 1.11 bits per heavy atom. The summed E-state index contributed by atoms with van der Waals surface area (Å²) >= 11 is 0. The van der Waals surface area contributed by atoms with Crippen molar-refractivity contribution in [3.05, 3.63) is 65.5 Å². The second-order valence-corrected chi connectivity index (χ2v) is 3.73. The maximum Gasteiger partial charge on any atom is 0.337 e. The molecule has 2 rings (SSSR count). The molecular weight excluding hydrogens is 226 g/mol. The Hall–Kier alpha value is -2.42. The average molecular weight is 239 g/mol. The van der Waals surface area contributed by atoms with E-state index in [9.17, 15) is 4.79 Å². The fourth-order valence-electron chi connectivity index (χ4n) is 1.52. The molecule has 0 atom stereocenters. The molecule has 0 saturated carbocycles. The number of esters is 1. The van der Waals surface area contributed by atoms with Crippen molar-refractivity contribution in [3.63, 3.8) is 0 Å². The zero-order chi connectivity index (χ0) is 12.8. The molecule has 18 heavy (non-hydrogen) atoms. The lowest BCUT2D eigenvalue weighted by molar-refractivity contribution is 0.0601. The number of hydrogen-bond acceptors (Lipinski definition) is 3. The Balaban J connectivity index is 2.11. The highest BCUT2D eigenvalue weighted by Crippen LogP contribution is 2.09. The van der Waals surface area contributed by atoms with Crippen LogP contribution in [-0.2, 0) is 4.74 Å². The number of hydrogen-bond donors (Lipinski definition) is 0. The van der Waals surface area contributed by atoms with E-state index in [1.165, 1.54) is 7.11 Å². The van der Waals surface area contributed by atoms with Crippen LogP contribution in [0.5, 0.6) is 0 Å². The van der Waals surface area contributed by atoms with Gasteiger partial charge >= 0.3 is 5.97 Å². The summed E-state index contributed by atoms with van der Waals surface area (Å²) in [7, 11) is 1.37. The van der Waals surface area contributed by atoms with Crippen molar-refractivity contribution in [2.45, 2.75) is 0 Å². The monoisotopic (exact) mass is 239 g/mol. The smallest absolute Gasteiger partial charge is 0.337 e. The Morgan fingerprint density at radius 2 is 1.83 bits per heavy atom. The molecule has 0 spiro atoms. The third-order valence-corrected chi connectivity index (χ3v) is 2.48. The minimum absolute atomic E-state index is 0.321. The molecule has 3 nitrogen and oxygen atoms in total. The molecule has 1 aromatic carbocycles. The molecule has 0 radical (unpaired) electrons. The number of benzene rings is 1. The lowest BCUT2D eigenvalue weighted by Crippen LogP contribution is -2.00. The molecule has 0 saturated heterocycles. The Morgan fingerprint density at radius 3 is 2.44 bits per heavy atom. The molecule has 2 aromatic rings. The molecule has 90 valence electrons. The van der Waals surface area contributed by atoms with Crippen molar-refractivity contribution >= 4 is 18.1 Å². The van der Waals surface area contributed by atoms with E-state index in [1.807, 2.05) is 36.4 Å². The molecule has 1 aromatic heterocycles. The van der Waals surface area contributed by atoms with Gasteiger partial charge in [-0.2, -0.15) is 0 Å². The number of pyridine rings is 1. The first-order valence-electron chi connectivity index (χ1n) is 5.56. The van der Waals surface area contributed by atoms with E-state index in [4.69, 9.17) is 0 Å². The van der Waals surface area contributed by atoms with Gasteiger partial charge < -0.3 is 4.74 Å². The lowest BCUT2D eigenvalue weighted by Gasteiger charge is -1.99. The minimum atomic E-state index is -0.321. The van der Waals surface area contributed by atoms with Gasteiger partial charge in [0.15, 0.2) is 0 Å². The quantitative estimate of drug-likeness (QED) is 0.773. The van der Waals surface area contributed by atoms with E-state index in [1.54, 1.807) is 24.5 Å². The fourth-order valence-corrected chi connectivity index (χ4v) is 1.52. The van der Waals surface area contributed by atoms with Crippen LogP contribution in [0.3, 0.4) is 0 Å². The number of ether oxygens (including phenoxy) is 1. The fraction of sp³-hybridized carbons (Fsp3) is 0.0667. The third kappa shape index (κ3) is 3.04. The van der Waals surface area contributed by atoms with Crippen LogP contribution in [0.4, 0.5) is 0 Å². The molecule has 0 aliphatic heterocycles. The molecule has 0 bridgehead atoms. The summed E-state index contributed by atoms with van der Waals surface area (Å²) in [5, 5.41) is 0. The van der Waals surface area contributed by atoms with Crippen molar-refractivity contribution in [1.82, 2.24) is 4.98 Å². The van der Waals surface area contributed by atoms with Crippen LogP contribution in [0.2, 0.25) is 0 Å². The zero-order valence-corrected chi connectivity index (χ0v) is 10.0. The van der Waals surface area contributed by atoms with Gasteiger partial charge in [-0.15, -0.1) is 0 Å². The summed E-state index contributed by atoms with van der Waals surface area (Å²) in [6.07, 6.45) is 7.47. The molecule has 0 aliphatic rings. The first kappa shape index (κ1) is 12.0. The second kappa shape index (κ2) is 5.77. The van der Waals surface area contributed by atoms with Crippen molar-refractivity contribution in [1.29, 1.82) is 0 Å². The van der Waals surface area contributed by atoms with E-state index >= 15 is 0 Å². The van der Waals surface area contributed by atoms with Crippen LogP contribution >= 0.6 is 0 Å². The van der Waals surface area contributed by atoms with Gasteiger partial charge in [-0.25, -0.2) is 4.79 Å². The third-order valence-electron chi connectivity index (χ3n) is 2.48. The van der Waals surface area contributed by atoms with Crippen LogP contribution in [0.1, 0.15) is 21.5 Å². The van der Waals surface area contributed by atoms with Gasteiger partial charge in [0.2, 0.25) is 0 Å². The topological polar surface area (TPSA) is 39.2 Å². The van der Waals surface area contributed by atoms with E-state index in [0.717, 1.165) is 11.1 Å². The Bertz CT molecular complexity index is 544. The van der Waals surface area contributed by atoms with Crippen LogP contribution in [0.15, 0.2) is 48.8 Å². The van der Waals surface area contributed by atoms with Gasteiger partial charge in [0.05, 0.1) is 12.7 Å². The van der Waals surface area contributed by atoms with Crippen molar-refractivity contribution in [2.24, 2.45) is 0 Å². The summed E-state index contributed by atoms with van der Waals surface area (Å²) in [5.74, 6) is -0.321. The molecule has 0 N–H and O–H groups in total. The molecule has 0 unspecified atom stereocenters. The Labute approximate surface area is 106 Å². The summed E-state index contributed by atoms with van der Waals surface area (Å²) in [4.78, 5) is 15.3.